The van der Waals surface area contributed by atoms with Gasteiger partial charge in [-0.05, 0) is 6.92 Å². The Kier molecular flexibility index (Phi) is 3.92. The zero-order valence-corrected chi connectivity index (χ0v) is 6.81. The van der Waals surface area contributed by atoms with Gasteiger partial charge in [-0.2, -0.15) is 0 Å². The van der Waals surface area contributed by atoms with Crippen LogP contribution in [0, 0.1) is 5.82 Å². The van der Waals surface area contributed by atoms with Crippen molar-refractivity contribution in [3.63, 3.8) is 0 Å². The molecule has 1 rings (SSSR count). The Labute approximate surface area is 70.3 Å². The van der Waals surface area contributed by atoms with E-state index >= 15 is 0 Å². The molecule has 0 saturated heterocycles. The molecule has 62 valence electrons. The summed E-state index contributed by atoms with van der Waals surface area (Å²) in [5.74, 6) is 0.0193. The molecule has 3 nitrogen and oxygen atoms in total. The smallest absolute Gasteiger partial charge is 0.159 e. The van der Waals surface area contributed by atoms with Gasteiger partial charge in [0.25, 0.3) is 0 Å². The first kappa shape index (κ1) is 10.3. The monoisotopic (exact) mass is 177 g/mol. The van der Waals surface area contributed by atoms with Crippen LogP contribution in [0.25, 0.3) is 0 Å². The van der Waals surface area contributed by atoms with Gasteiger partial charge in [0.2, 0.25) is 0 Å². The Balaban J connectivity index is 0.000001000. The minimum atomic E-state index is -0.440. The highest BCUT2D eigenvalue weighted by Gasteiger charge is 2.00. The SMILES string of the molecule is C[C@H](N)c1ncc(F)cn1.Cl. The summed E-state index contributed by atoms with van der Waals surface area (Å²) in [6.45, 7) is 1.74. The topological polar surface area (TPSA) is 51.8 Å². The molecule has 0 aromatic carbocycles. The predicted molar refractivity (Wildman–Crippen MR) is 41.8 cm³/mol. The number of hydrogen-bond donors (Lipinski definition) is 1. The molecule has 11 heavy (non-hydrogen) atoms. The average Bonchev–Trinajstić information content (AvgIpc) is 1.88. The lowest BCUT2D eigenvalue weighted by Crippen LogP contribution is -2.09. The van der Waals surface area contributed by atoms with Crippen molar-refractivity contribution >= 4 is 12.4 Å². The van der Waals surface area contributed by atoms with Crippen LogP contribution in [-0.2, 0) is 0 Å². The van der Waals surface area contributed by atoms with Crippen molar-refractivity contribution in [3.8, 4) is 0 Å². The molecule has 0 saturated carbocycles. The van der Waals surface area contributed by atoms with E-state index in [1.165, 1.54) is 0 Å². The largest absolute Gasteiger partial charge is 0.322 e. The Morgan fingerprint density at radius 2 is 1.91 bits per heavy atom. The fourth-order valence-corrected chi connectivity index (χ4v) is 0.557. The maximum Gasteiger partial charge on any atom is 0.159 e. The minimum Gasteiger partial charge on any atom is -0.322 e. The van der Waals surface area contributed by atoms with E-state index in [-0.39, 0.29) is 18.4 Å². The Morgan fingerprint density at radius 1 is 1.45 bits per heavy atom. The summed E-state index contributed by atoms with van der Waals surface area (Å²) in [7, 11) is 0. The first-order valence-corrected chi connectivity index (χ1v) is 2.93. The highest BCUT2D eigenvalue weighted by atomic mass is 35.5. The second kappa shape index (κ2) is 4.20. The van der Waals surface area contributed by atoms with Gasteiger partial charge in [-0.3, -0.25) is 0 Å². The van der Waals surface area contributed by atoms with E-state index in [0.717, 1.165) is 12.4 Å². The molecular weight excluding hydrogens is 169 g/mol. The lowest BCUT2D eigenvalue weighted by Gasteiger charge is -2.00. The van der Waals surface area contributed by atoms with Crippen molar-refractivity contribution in [1.82, 2.24) is 9.97 Å². The van der Waals surface area contributed by atoms with Crippen molar-refractivity contribution < 1.29 is 4.39 Å². The number of nitrogens with two attached hydrogens (primary N) is 1. The molecule has 0 aliphatic heterocycles. The Morgan fingerprint density at radius 3 is 2.27 bits per heavy atom. The minimum absolute atomic E-state index is 0. The average molecular weight is 178 g/mol. The number of halogens is 2. The van der Waals surface area contributed by atoms with Gasteiger partial charge in [-0.15, -0.1) is 12.4 Å². The molecule has 0 fully saturated rings. The van der Waals surface area contributed by atoms with E-state index < -0.39 is 5.82 Å². The maximum atomic E-state index is 12.2. The van der Waals surface area contributed by atoms with Gasteiger partial charge in [0, 0.05) is 0 Å². The van der Waals surface area contributed by atoms with E-state index in [1.54, 1.807) is 6.92 Å². The molecule has 1 aromatic rings. The number of aromatic nitrogens is 2. The summed E-state index contributed by atoms with van der Waals surface area (Å²) in [6, 6.07) is -0.236. The van der Waals surface area contributed by atoms with E-state index in [4.69, 9.17) is 5.73 Å². The second-order valence-electron chi connectivity index (χ2n) is 2.05. The lowest BCUT2D eigenvalue weighted by molar-refractivity contribution is 0.602. The van der Waals surface area contributed by atoms with Crippen LogP contribution in [0.3, 0.4) is 0 Å². The fraction of sp³-hybridized carbons (Fsp3) is 0.333. The molecule has 0 bridgehead atoms. The van der Waals surface area contributed by atoms with Crippen LogP contribution in [0.5, 0.6) is 0 Å². The van der Waals surface area contributed by atoms with Crippen LogP contribution in [0.15, 0.2) is 12.4 Å². The fourth-order valence-electron chi connectivity index (χ4n) is 0.557. The van der Waals surface area contributed by atoms with Crippen molar-refractivity contribution in [3.05, 3.63) is 24.0 Å². The van der Waals surface area contributed by atoms with Gasteiger partial charge in [0.15, 0.2) is 5.82 Å². The van der Waals surface area contributed by atoms with E-state index in [2.05, 4.69) is 9.97 Å². The second-order valence-corrected chi connectivity index (χ2v) is 2.05. The third-order valence-electron chi connectivity index (χ3n) is 1.05. The maximum absolute atomic E-state index is 12.2. The summed E-state index contributed by atoms with van der Waals surface area (Å²) >= 11 is 0. The summed E-state index contributed by atoms with van der Waals surface area (Å²) in [6.07, 6.45) is 2.21. The molecule has 1 heterocycles. The number of hydrogen-bond acceptors (Lipinski definition) is 3. The molecule has 1 atom stereocenters. The Bertz CT molecular complexity index is 212. The highest BCUT2D eigenvalue weighted by molar-refractivity contribution is 5.85. The van der Waals surface area contributed by atoms with Crippen LogP contribution in [0.2, 0.25) is 0 Å². The van der Waals surface area contributed by atoms with Gasteiger partial charge in [0.1, 0.15) is 5.82 Å². The molecule has 0 amide bonds. The van der Waals surface area contributed by atoms with Crippen LogP contribution in [-0.4, -0.2) is 9.97 Å². The summed E-state index contributed by atoms with van der Waals surface area (Å²) in [4.78, 5) is 7.33. The Hall–Kier alpha value is -0.740. The molecule has 0 unspecified atom stereocenters. The van der Waals surface area contributed by atoms with Crippen LogP contribution < -0.4 is 5.73 Å². The number of rotatable bonds is 1. The van der Waals surface area contributed by atoms with Gasteiger partial charge in [-0.25, -0.2) is 14.4 Å². The van der Waals surface area contributed by atoms with Crippen LogP contribution in [0.4, 0.5) is 4.39 Å². The third-order valence-corrected chi connectivity index (χ3v) is 1.05. The van der Waals surface area contributed by atoms with Gasteiger partial charge in [-0.1, -0.05) is 0 Å². The highest BCUT2D eigenvalue weighted by Crippen LogP contribution is 2.00. The predicted octanol–water partition coefficient (Wildman–Crippen LogP) is 1.06. The molecule has 1 aromatic heterocycles. The summed E-state index contributed by atoms with van der Waals surface area (Å²) in [5.41, 5.74) is 5.42. The van der Waals surface area contributed by atoms with Crippen molar-refractivity contribution in [2.24, 2.45) is 5.73 Å². The van der Waals surface area contributed by atoms with E-state index in [0.29, 0.717) is 5.82 Å². The van der Waals surface area contributed by atoms with E-state index in [1.807, 2.05) is 0 Å². The molecule has 0 aliphatic rings. The van der Waals surface area contributed by atoms with Crippen molar-refractivity contribution in [2.45, 2.75) is 13.0 Å². The van der Waals surface area contributed by atoms with Gasteiger partial charge >= 0.3 is 0 Å². The molecular formula is C6H9ClFN3. The van der Waals surface area contributed by atoms with Gasteiger partial charge in [0.05, 0.1) is 18.4 Å². The first-order valence-electron chi connectivity index (χ1n) is 2.93. The van der Waals surface area contributed by atoms with Crippen LogP contribution in [0.1, 0.15) is 18.8 Å². The standard InChI is InChI=1S/C6H8FN3.ClH/c1-4(8)6-9-2-5(7)3-10-6;/h2-4H,8H2,1H3;1H/t4-;/m0./s1. The molecule has 0 spiro atoms. The summed E-state index contributed by atoms with van der Waals surface area (Å²) in [5, 5.41) is 0. The zero-order valence-electron chi connectivity index (χ0n) is 5.99. The van der Waals surface area contributed by atoms with Crippen LogP contribution >= 0.6 is 12.4 Å². The molecule has 2 N–H and O–H groups in total. The normalized spacial score (nSPS) is 11.9. The van der Waals surface area contributed by atoms with Gasteiger partial charge < -0.3 is 5.73 Å². The number of nitrogens with zero attached hydrogens (tertiary/aromatic N) is 2. The quantitative estimate of drug-likeness (QED) is 0.698. The molecule has 0 radical (unpaired) electrons. The lowest BCUT2D eigenvalue weighted by atomic mass is 10.3. The van der Waals surface area contributed by atoms with Crippen molar-refractivity contribution in [1.29, 1.82) is 0 Å². The van der Waals surface area contributed by atoms with Crippen molar-refractivity contribution in [2.75, 3.05) is 0 Å². The van der Waals surface area contributed by atoms with E-state index in [9.17, 15) is 4.39 Å². The first-order chi connectivity index (χ1) is 4.70. The molecule has 0 aliphatic carbocycles. The zero-order chi connectivity index (χ0) is 7.56. The summed E-state index contributed by atoms with van der Waals surface area (Å²) < 4.78 is 12.2. The third kappa shape index (κ3) is 2.78. The molecule has 5 heteroatoms.